The maximum atomic E-state index is 5.80. The minimum Gasteiger partial charge on any atom is -0.399 e. The van der Waals surface area contributed by atoms with Crippen LogP contribution in [-0.2, 0) is 6.54 Å². The van der Waals surface area contributed by atoms with Crippen LogP contribution in [0, 0.1) is 0 Å². The van der Waals surface area contributed by atoms with Crippen molar-refractivity contribution in [1.82, 2.24) is 0 Å². The van der Waals surface area contributed by atoms with Crippen molar-refractivity contribution in [3.8, 4) is 11.1 Å². The third-order valence-corrected chi connectivity index (χ3v) is 2.61. The van der Waals surface area contributed by atoms with Crippen LogP contribution in [0.5, 0.6) is 0 Å². The number of nitrogens with two attached hydrogens (primary N) is 3. The molecule has 3 heteroatoms. The maximum absolute atomic E-state index is 5.80. The molecule has 16 heavy (non-hydrogen) atoms. The van der Waals surface area contributed by atoms with Crippen molar-refractivity contribution in [1.29, 1.82) is 0 Å². The fourth-order valence-electron chi connectivity index (χ4n) is 1.64. The average molecular weight is 213 g/mol. The van der Waals surface area contributed by atoms with Crippen LogP contribution in [0.3, 0.4) is 0 Å². The molecule has 2 aromatic rings. The number of hydrogen-bond acceptors (Lipinski definition) is 3. The Morgan fingerprint density at radius 1 is 0.812 bits per heavy atom. The summed E-state index contributed by atoms with van der Waals surface area (Å²) in [6, 6.07) is 13.6. The van der Waals surface area contributed by atoms with E-state index in [1.165, 1.54) is 0 Å². The Kier molecular flexibility index (Phi) is 2.79. The second-order valence-corrected chi connectivity index (χ2v) is 3.74. The van der Waals surface area contributed by atoms with E-state index in [1.807, 2.05) is 42.5 Å². The fourth-order valence-corrected chi connectivity index (χ4v) is 1.64. The lowest BCUT2D eigenvalue weighted by atomic mass is 10.0. The Balaban J connectivity index is 2.44. The predicted octanol–water partition coefficient (Wildman–Crippen LogP) is 1.98. The van der Waals surface area contributed by atoms with Crippen LogP contribution >= 0.6 is 0 Å². The summed E-state index contributed by atoms with van der Waals surface area (Å²) in [6.07, 6.45) is 0. The first kappa shape index (κ1) is 10.5. The molecule has 0 heterocycles. The molecule has 0 aromatic heterocycles. The van der Waals surface area contributed by atoms with Crippen LogP contribution in [0.15, 0.2) is 42.5 Å². The molecule has 0 aliphatic carbocycles. The summed E-state index contributed by atoms with van der Waals surface area (Å²) in [7, 11) is 0. The van der Waals surface area contributed by atoms with E-state index in [0.717, 1.165) is 28.1 Å². The smallest absolute Gasteiger partial charge is 0.0359 e. The Morgan fingerprint density at radius 3 is 2.06 bits per heavy atom. The van der Waals surface area contributed by atoms with E-state index in [1.54, 1.807) is 0 Å². The monoisotopic (exact) mass is 213 g/mol. The van der Waals surface area contributed by atoms with Gasteiger partial charge >= 0.3 is 0 Å². The zero-order valence-corrected chi connectivity index (χ0v) is 8.98. The van der Waals surface area contributed by atoms with E-state index in [9.17, 15) is 0 Å². The molecule has 0 amide bonds. The highest BCUT2D eigenvalue weighted by atomic mass is 14.6. The molecule has 3 nitrogen and oxygen atoms in total. The molecule has 0 saturated carbocycles. The number of anilines is 2. The van der Waals surface area contributed by atoms with E-state index in [4.69, 9.17) is 17.2 Å². The lowest BCUT2D eigenvalue weighted by Crippen LogP contribution is -2.01. The molecule has 0 atom stereocenters. The summed E-state index contributed by atoms with van der Waals surface area (Å²) in [5.74, 6) is 0. The molecular formula is C13H15N3. The summed E-state index contributed by atoms with van der Waals surface area (Å²) in [4.78, 5) is 0. The Labute approximate surface area is 94.9 Å². The van der Waals surface area contributed by atoms with Crippen molar-refractivity contribution in [2.75, 3.05) is 11.5 Å². The molecule has 0 aliphatic rings. The highest BCUT2D eigenvalue weighted by Gasteiger charge is 2.01. The van der Waals surface area contributed by atoms with Crippen molar-refractivity contribution in [2.24, 2.45) is 5.73 Å². The Bertz CT molecular complexity index is 489. The van der Waals surface area contributed by atoms with Gasteiger partial charge in [-0.2, -0.15) is 0 Å². The van der Waals surface area contributed by atoms with Crippen LogP contribution in [0.2, 0.25) is 0 Å². The molecule has 2 aromatic carbocycles. The molecule has 6 N–H and O–H groups in total. The molecular weight excluding hydrogens is 198 g/mol. The third-order valence-electron chi connectivity index (χ3n) is 2.61. The van der Waals surface area contributed by atoms with Crippen LogP contribution in [0.1, 0.15) is 5.56 Å². The van der Waals surface area contributed by atoms with Crippen molar-refractivity contribution < 1.29 is 0 Å². The van der Waals surface area contributed by atoms with Gasteiger partial charge in [0.1, 0.15) is 0 Å². The van der Waals surface area contributed by atoms with Gasteiger partial charge in [-0.25, -0.2) is 0 Å². The normalized spacial score (nSPS) is 10.3. The molecule has 0 saturated heterocycles. The number of nitrogen functional groups attached to an aromatic ring is 2. The first-order chi connectivity index (χ1) is 7.70. The molecule has 2 rings (SSSR count). The second kappa shape index (κ2) is 4.24. The highest BCUT2D eigenvalue weighted by molar-refractivity contribution is 5.69. The Morgan fingerprint density at radius 2 is 1.44 bits per heavy atom. The van der Waals surface area contributed by atoms with Crippen molar-refractivity contribution in [3.63, 3.8) is 0 Å². The van der Waals surface area contributed by atoms with Crippen molar-refractivity contribution >= 4 is 11.4 Å². The van der Waals surface area contributed by atoms with Gasteiger partial charge in [0.15, 0.2) is 0 Å². The Hall–Kier alpha value is -2.00. The number of rotatable bonds is 2. The first-order valence-electron chi connectivity index (χ1n) is 5.15. The van der Waals surface area contributed by atoms with Crippen LogP contribution in [0.25, 0.3) is 11.1 Å². The minimum absolute atomic E-state index is 0.453. The topological polar surface area (TPSA) is 78.1 Å². The predicted molar refractivity (Wildman–Crippen MR) is 68.6 cm³/mol. The quantitative estimate of drug-likeness (QED) is 0.667. The first-order valence-corrected chi connectivity index (χ1v) is 5.15. The number of hydrogen-bond donors (Lipinski definition) is 3. The summed E-state index contributed by atoms with van der Waals surface area (Å²) >= 11 is 0. The summed E-state index contributed by atoms with van der Waals surface area (Å²) < 4.78 is 0. The van der Waals surface area contributed by atoms with Gasteiger partial charge in [-0.05, 0) is 41.0 Å². The lowest BCUT2D eigenvalue weighted by molar-refractivity contribution is 1.08. The van der Waals surface area contributed by atoms with Gasteiger partial charge in [0.05, 0.1) is 0 Å². The van der Waals surface area contributed by atoms with Crippen molar-refractivity contribution in [2.45, 2.75) is 6.54 Å². The van der Waals surface area contributed by atoms with E-state index in [-0.39, 0.29) is 0 Å². The van der Waals surface area contributed by atoms with E-state index >= 15 is 0 Å². The average Bonchev–Trinajstić information content (AvgIpc) is 2.31. The second-order valence-electron chi connectivity index (χ2n) is 3.74. The maximum Gasteiger partial charge on any atom is 0.0359 e. The summed E-state index contributed by atoms with van der Waals surface area (Å²) in [5.41, 5.74) is 21.8. The molecule has 0 unspecified atom stereocenters. The number of benzene rings is 2. The molecule has 0 fully saturated rings. The minimum atomic E-state index is 0.453. The van der Waals surface area contributed by atoms with E-state index in [2.05, 4.69) is 0 Å². The summed E-state index contributed by atoms with van der Waals surface area (Å²) in [5, 5.41) is 0. The summed E-state index contributed by atoms with van der Waals surface area (Å²) in [6.45, 7) is 0.453. The zero-order chi connectivity index (χ0) is 11.5. The van der Waals surface area contributed by atoms with Gasteiger partial charge in [0.25, 0.3) is 0 Å². The lowest BCUT2D eigenvalue weighted by Gasteiger charge is -2.07. The molecule has 0 spiro atoms. The fraction of sp³-hybridized carbons (Fsp3) is 0.0769. The molecule has 0 bridgehead atoms. The standard InChI is InChI=1S/C13H15N3/c14-8-11-7-10(3-6-13(11)16)9-1-4-12(15)5-2-9/h1-7H,8,14-16H2. The molecule has 0 radical (unpaired) electrons. The van der Waals surface area contributed by atoms with Crippen LogP contribution in [0.4, 0.5) is 11.4 Å². The van der Waals surface area contributed by atoms with Crippen LogP contribution in [-0.4, -0.2) is 0 Å². The van der Waals surface area contributed by atoms with Crippen LogP contribution < -0.4 is 17.2 Å². The van der Waals surface area contributed by atoms with Gasteiger partial charge in [-0.3, -0.25) is 0 Å². The van der Waals surface area contributed by atoms with E-state index < -0.39 is 0 Å². The largest absolute Gasteiger partial charge is 0.399 e. The SMILES string of the molecule is NCc1cc(-c2ccc(N)cc2)ccc1N. The molecule has 82 valence electrons. The van der Waals surface area contributed by atoms with Gasteiger partial charge < -0.3 is 17.2 Å². The van der Waals surface area contributed by atoms with Gasteiger partial charge in [-0.1, -0.05) is 18.2 Å². The van der Waals surface area contributed by atoms with Gasteiger partial charge in [0, 0.05) is 17.9 Å². The van der Waals surface area contributed by atoms with E-state index in [0.29, 0.717) is 6.54 Å². The highest BCUT2D eigenvalue weighted by Crippen LogP contribution is 2.24. The van der Waals surface area contributed by atoms with Gasteiger partial charge in [-0.15, -0.1) is 0 Å². The van der Waals surface area contributed by atoms with Crippen molar-refractivity contribution in [3.05, 3.63) is 48.0 Å². The molecule has 0 aliphatic heterocycles. The third kappa shape index (κ3) is 1.99. The zero-order valence-electron chi connectivity index (χ0n) is 8.98. The van der Waals surface area contributed by atoms with Gasteiger partial charge in [0.2, 0.25) is 0 Å².